The maximum absolute atomic E-state index is 12.8. The summed E-state index contributed by atoms with van der Waals surface area (Å²) in [5.41, 5.74) is 9.54. The average molecular weight is 275 g/mol. The average Bonchev–Trinajstić information content (AvgIpc) is 2.91. The summed E-state index contributed by atoms with van der Waals surface area (Å²) in [6.45, 7) is 3.88. The Hall–Kier alpha value is -1.13. The van der Waals surface area contributed by atoms with E-state index in [1.54, 1.807) is 0 Å². The highest BCUT2D eigenvalue weighted by atomic mass is 16.1. The van der Waals surface area contributed by atoms with Crippen LogP contribution in [0.25, 0.3) is 0 Å². The molecule has 20 heavy (non-hydrogen) atoms. The lowest BCUT2D eigenvalue weighted by Gasteiger charge is -2.30. The highest BCUT2D eigenvalue weighted by molar-refractivity contribution is 5.31. The summed E-state index contributed by atoms with van der Waals surface area (Å²) in [6, 6.07) is 2.27. The van der Waals surface area contributed by atoms with E-state index in [-0.39, 0.29) is 11.6 Å². The highest BCUT2D eigenvalue weighted by Crippen LogP contribution is 2.32. The summed E-state index contributed by atoms with van der Waals surface area (Å²) in [6.07, 6.45) is 5.76. The lowest BCUT2D eigenvalue weighted by molar-refractivity contribution is 0.299. The van der Waals surface area contributed by atoms with Gasteiger partial charge in [0.2, 0.25) is 0 Å². The van der Waals surface area contributed by atoms with Crippen molar-refractivity contribution in [2.45, 2.75) is 57.7 Å². The molecule has 0 aromatic carbocycles. The summed E-state index contributed by atoms with van der Waals surface area (Å²) in [5, 5.41) is 0. The van der Waals surface area contributed by atoms with E-state index >= 15 is 0 Å². The van der Waals surface area contributed by atoms with Gasteiger partial charge in [0.15, 0.2) is 0 Å². The van der Waals surface area contributed by atoms with E-state index < -0.39 is 0 Å². The number of rotatable bonds is 2. The van der Waals surface area contributed by atoms with Gasteiger partial charge in [-0.2, -0.15) is 0 Å². The van der Waals surface area contributed by atoms with Crippen LogP contribution < -0.4 is 11.3 Å². The summed E-state index contributed by atoms with van der Waals surface area (Å²) >= 11 is 0. The molecule has 2 heterocycles. The van der Waals surface area contributed by atoms with Crippen molar-refractivity contribution < 1.29 is 0 Å². The molecule has 1 aromatic heterocycles. The van der Waals surface area contributed by atoms with E-state index in [4.69, 9.17) is 5.73 Å². The first-order valence-electron chi connectivity index (χ1n) is 7.79. The van der Waals surface area contributed by atoms with E-state index in [1.165, 1.54) is 24.1 Å². The molecular weight excluding hydrogens is 250 g/mol. The Bertz CT molecular complexity index is 556. The number of aromatic nitrogens is 1. The maximum Gasteiger partial charge on any atom is 0.255 e. The number of nitrogens with two attached hydrogens (primary N) is 1. The molecule has 4 nitrogen and oxygen atoms in total. The van der Waals surface area contributed by atoms with Gasteiger partial charge in [-0.05, 0) is 38.4 Å². The molecule has 1 fully saturated rings. The van der Waals surface area contributed by atoms with Gasteiger partial charge in [0.25, 0.3) is 5.56 Å². The Balaban J connectivity index is 2.16. The topological polar surface area (TPSA) is 51.3 Å². The first-order chi connectivity index (χ1) is 9.58. The van der Waals surface area contributed by atoms with Crippen molar-refractivity contribution >= 4 is 0 Å². The molecule has 2 aliphatic rings. The monoisotopic (exact) mass is 275 g/mol. The summed E-state index contributed by atoms with van der Waals surface area (Å²) in [4.78, 5) is 15.1. The van der Waals surface area contributed by atoms with Crippen LogP contribution in [0.3, 0.4) is 0 Å². The fraction of sp³-hybridized carbons (Fsp3) is 0.688. The lowest BCUT2D eigenvalue weighted by atomic mass is 9.99. The third-order valence-corrected chi connectivity index (χ3v) is 4.81. The van der Waals surface area contributed by atoms with Gasteiger partial charge in [-0.25, -0.2) is 0 Å². The van der Waals surface area contributed by atoms with Crippen LogP contribution in [0.1, 0.15) is 61.5 Å². The highest BCUT2D eigenvalue weighted by Gasteiger charge is 2.26. The van der Waals surface area contributed by atoms with Gasteiger partial charge in [-0.1, -0.05) is 12.8 Å². The van der Waals surface area contributed by atoms with Crippen molar-refractivity contribution in [1.82, 2.24) is 9.47 Å². The molecule has 0 saturated heterocycles. The molecule has 4 heteroatoms. The molecule has 0 spiro atoms. The van der Waals surface area contributed by atoms with E-state index in [2.05, 4.69) is 22.6 Å². The Kier molecular flexibility index (Phi) is 3.69. The fourth-order valence-corrected chi connectivity index (χ4v) is 3.71. The summed E-state index contributed by atoms with van der Waals surface area (Å²) < 4.78 is 2.11. The van der Waals surface area contributed by atoms with Crippen molar-refractivity contribution in [2.75, 3.05) is 13.6 Å². The van der Waals surface area contributed by atoms with E-state index in [0.29, 0.717) is 6.04 Å². The molecule has 3 rings (SSSR count). The smallest absolute Gasteiger partial charge is 0.255 e. The van der Waals surface area contributed by atoms with Gasteiger partial charge < -0.3 is 15.2 Å². The van der Waals surface area contributed by atoms with Crippen molar-refractivity contribution in [3.8, 4) is 0 Å². The van der Waals surface area contributed by atoms with E-state index in [9.17, 15) is 4.79 Å². The third-order valence-electron chi connectivity index (χ3n) is 4.81. The zero-order valence-corrected chi connectivity index (χ0v) is 12.6. The summed E-state index contributed by atoms with van der Waals surface area (Å²) in [5.74, 6) is 0. The van der Waals surface area contributed by atoms with Crippen molar-refractivity contribution in [3.05, 3.63) is 33.2 Å². The molecule has 1 atom stereocenters. The van der Waals surface area contributed by atoms with Gasteiger partial charge in [0, 0.05) is 42.9 Å². The van der Waals surface area contributed by atoms with Crippen LogP contribution in [-0.4, -0.2) is 23.1 Å². The molecule has 1 aliphatic heterocycles. The van der Waals surface area contributed by atoms with Crippen LogP contribution in [0.2, 0.25) is 0 Å². The first-order valence-corrected chi connectivity index (χ1v) is 7.79. The number of pyridine rings is 1. The molecule has 110 valence electrons. The first kappa shape index (κ1) is 13.8. The Morgan fingerprint density at radius 1 is 1.35 bits per heavy atom. The molecule has 0 amide bonds. The molecule has 1 unspecified atom stereocenters. The number of fused-ring (bicyclic) bond motifs is 1. The van der Waals surface area contributed by atoms with Gasteiger partial charge in [-0.3, -0.25) is 4.79 Å². The Morgan fingerprint density at radius 2 is 2.05 bits per heavy atom. The maximum atomic E-state index is 12.8. The van der Waals surface area contributed by atoms with Gasteiger partial charge >= 0.3 is 0 Å². The lowest BCUT2D eigenvalue weighted by Crippen LogP contribution is -2.37. The van der Waals surface area contributed by atoms with Gasteiger partial charge in [-0.15, -0.1) is 0 Å². The van der Waals surface area contributed by atoms with Crippen LogP contribution in [-0.2, 0) is 13.0 Å². The fourth-order valence-electron chi connectivity index (χ4n) is 3.71. The Labute approximate surface area is 120 Å². The number of likely N-dealkylation sites (N-methyl/N-ethyl adjacent to an activating group) is 1. The molecule has 1 aliphatic carbocycles. The quantitative estimate of drug-likeness (QED) is 0.898. The Morgan fingerprint density at radius 3 is 2.70 bits per heavy atom. The third kappa shape index (κ3) is 2.31. The van der Waals surface area contributed by atoms with E-state index in [1.807, 2.05) is 6.92 Å². The minimum Gasteiger partial charge on any atom is -0.324 e. The second kappa shape index (κ2) is 5.34. The van der Waals surface area contributed by atoms with Crippen molar-refractivity contribution in [1.29, 1.82) is 0 Å². The van der Waals surface area contributed by atoms with Crippen molar-refractivity contribution in [3.63, 3.8) is 0 Å². The molecule has 1 saturated carbocycles. The number of hydrogen-bond donors (Lipinski definition) is 1. The van der Waals surface area contributed by atoms with Gasteiger partial charge in [0.1, 0.15) is 0 Å². The molecule has 0 bridgehead atoms. The molecule has 2 N–H and O–H groups in total. The van der Waals surface area contributed by atoms with Gasteiger partial charge in [0.05, 0.1) is 0 Å². The van der Waals surface area contributed by atoms with Crippen LogP contribution in [0.15, 0.2) is 10.9 Å². The molecule has 0 radical (unpaired) electrons. The number of hydrogen-bond acceptors (Lipinski definition) is 3. The minimum absolute atomic E-state index is 0.162. The zero-order valence-electron chi connectivity index (χ0n) is 12.6. The predicted octanol–water partition coefficient (Wildman–Crippen LogP) is 1.97. The van der Waals surface area contributed by atoms with Crippen LogP contribution in [0.5, 0.6) is 0 Å². The summed E-state index contributed by atoms with van der Waals surface area (Å²) in [7, 11) is 2.14. The predicted molar refractivity (Wildman–Crippen MR) is 80.8 cm³/mol. The largest absolute Gasteiger partial charge is 0.324 e. The van der Waals surface area contributed by atoms with Crippen molar-refractivity contribution in [2.24, 2.45) is 5.73 Å². The second-order valence-electron chi connectivity index (χ2n) is 6.46. The zero-order chi connectivity index (χ0) is 14.3. The molecule has 1 aromatic rings. The van der Waals surface area contributed by atoms with E-state index in [0.717, 1.165) is 37.9 Å². The minimum atomic E-state index is -0.187. The second-order valence-corrected chi connectivity index (χ2v) is 6.46. The number of nitrogens with zero attached hydrogens (tertiary/aromatic N) is 2. The van der Waals surface area contributed by atoms with Crippen LogP contribution in [0, 0.1) is 0 Å². The standard InChI is InChI=1S/C16H25N3O/c1-11(17)14-9-12-10-18(2)8-7-15(12)19(16(14)20)13-5-3-4-6-13/h9,11,13H,3-8,10,17H2,1-2H3. The normalized spacial score (nSPS) is 21.9. The SMILES string of the molecule is CC(N)c1cc2c(n(C3CCCC3)c1=O)CCN(C)C2. The molecular formula is C16H25N3O. The van der Waals surface area contributed by atoms with Crippen LogP contribution in [0.4, 0.5) is 0 Å². The van der Waals surface area contributed by atoms with Crippen LogP contribution >= 0.6 is 0 Å².